The fourth-order valence-corrected chi connectivity index (χ4v) is 2.57. The highest BCUT2D eigenvalue weighted by atomic mass is 32.1. The average molecular weight is 224 g/mol. The van der Waals surface area contributed by atoms with Crippen molar-refractivity contribution in [3.05, 3.63) is 17.0 Å². The first kappa shape index (κ1) is 10.2. The molecule has 1 aliphatic heterocycles. The lowest BCUT2D eigenvalue weighted by atomic mass is 10.2. The second kappa shape index (κ2) is 4.02. The Morgan fingerprint density at radius 1 is 1.60 bits per heavy atom. The van der Waals surface area contributed by atoms with Crippen molar-refractivity contribution in [3.8, 4) is 0 Å². The molecule has 5 heteroatoms. The third-order valence-corrected chi connectivity index (χ3v) is 3.56. The van der Waals surface area contributed by atoms with Gasteiger partial charge in [0.15, 0.2) is 6.29 Å². The van der Waals surface area contributed by atoms with Crippen molar-refractivity contribution >= 4 is 28.5 Å². The number of carbonyl (C=O) groups is 2. The van der Waals surface area contributed by atoms with Crippen LogP contribution in [0.15, 0.2) is 12.1 Å². The van der Waals surface area contributed by atoms with Crippen molar-refractivity contribution in [2.24, 2.45) is 0 Å². The predicted octanol–water partition coefficient (Wildman–Crippen LogP) is 0.885. The average Bonchev–Trinajstić information content (AvgIpc) is 2.70. The zero-order chi connectivity index (χ0) is 10.8. The normalized spacial score (nSPS) is 21.3. The van der Waals surface area contributed by atoms with Crippen molar-refractivity contribution in [1.82, 2.24) is 5.32 Å². The molecule has 1 N–H and O–H groups in total. The van der Waals surface area contributed by atoms with E-state index < -0.39 is 0 Å². The van der Waals surface area contributed by atoms with Crippen molar-refractivity contribution < 1.29 is 9.59 Å². The van der Waals surface area contributed by atoms with Gasteiger partial charge in [-0.3, -0.25) is 9.59 Å². The fraction of sp³-hybridized carbons (Fsp3) is 0.400. The van der Waals surface area contributed by atoms with Gasteiger partial charge in [0.2, 0.25) is 5.91 Å². The van der Waals surface area contributed by atoms with E-state index in [0.717, 1.165) is 17.8 Å². The first-order chi connectivity index (χ1) is 7.22. The van der Waals surface area contributed by atoms with Crippen molar-refractivity contribution in [2.75, 3.05) is 18.0 Å². The van der Waals surface area contributed by atoms with E-state index in [-0.39, 0.29) is 11.9 Å². The van der Waals surface area contributed by atoms with Crippen LogP contribution in [-0.2, 0) is 4.79 Å². The number of hydrogen-bond acceptors (Lipinski definition) is 4. The molecule has 1 aromatic rings. The van der Waals surface area contributed by atoms with E-state index in [9.17, 15) is 9.59 Å². The smallest absolute Gasteiger partial charge is 0.242 e. The molecule has 0 bridgehead atoms. The quantitative estimate of drug-likeness (QED) is 0.759. The highest BCUT2D eigenvalue weighted by molar-refractivity contribution is 7.17. The van der Waals surface area contributed by atoms with E-state index in [4.69, 9.17) is 0 Å². The molecule has 2 rings (SSSR count). The highest BCUT2D eigenvalue weighted by Crippen LogP contribution is 2.27. The van der Waals surface area contributed by atoms with E-state index >= 15 is 0 Å². The second-order valence-electron chi connectivity index (χ2n) is 3.45. The van der Waals surface area contributed by atoms with Gasteiger partial charge in [0.25, 0.3) is 0 Å². The predicted molar refractivity (Wildman–Crippen MR) is 59.5 cm³/mol. The van der Waals surface area contributed by atoms with Crippen LogP contribution >= 0.6 is 11.3 Å². The van der Waals surface area contributed by atoms with Crippen LogP contribution in [-0.4, -0.2) is 31.3 Å². The molecule has 0 aromatic carbocycles. The van der Waals surface area contributed by atoms with Gasteiger partial charge in [-0.2, -0.15) is 0 Å². The molecule has 0 aliphatic carbocycles. The molecule has 1 unspecified atom stereocenters. The van der Waals surface area contributed by atoms with E-state index in [1.54, 1.807) is 6.07 Å². The summed E-state index contributed by atoms with van der Waals surface area (Å²) in [4.78, 5) is 24.7. The van der Waals surface area contributed by atoms with E-state index in [2.05, 4.69) is 5.32 Å². The highest BCUT2D eigenvalue weighted by Gasteiger charge is 2.26. The zero-order valence-corrected chi connectivity index (χ0v) is 9.21. The van der Waals surface area contributed by atoms with Crippen molar-refractivity contribution in [2.45, 2.75) is 13.0 Å². The molecule has 0 spiro atoms. The summed E-state index contributed by atoms with van der Waals surface area (Å²) < 4.78 is 0. The van der Waals surface area contributed by atoms with Crippen LogP contribution in [0.2, 0.25) is 0 Å². The van der Waals surface area contributed by atoms with Crippen molar-refractivity contribution in [3.63, 3.8) is 0 Å². The lowest BCUT2D eigenvalue weighted by Crippen LogP contribution is -2.53. The summed E-state index contributed by atoms with van der Waals surface area (Å²) in [6.07, 6.45) is 0.836. The number of anilines is 1. The van der Waals surface area contributed by atoms with Gasteiger partial charge in [-0.15, -0.1) is 11.3 Å². The molecule has 15 heavy (non-hydrogen) atoms. The molecule has 1 saturated heterocycles. The maximum Gasteiger partial charge on any atom is 0.242 e. The van der Waals surface area contributed by atoms with Gasteiger partial charge in [0.1, 0.15) is 6.04 Å². The largest absolute Gasteiger partial charge is 0.353 e. The van der Waals surface area contributed by atoms with E-state index in [1.807, 2.05) is 17.9 Å². The molecule has 1 aromatic heterocycles. The van der Waals surface area contributed by atoms with Crippen LogP contribution in [0.3, 0.4) is 0 Å². The molecule has 1 aliphatic rings. The zero-order valence-electron chi connectivity index (χ0n) is 8.40. The van der Waals surface area contributed by atoms with Gasteiger partial charge < -0.3 is 10.2 Å². The lowest BCUT2D eigenvalue weighted by molar-refractivity contribution is -0.122. The van der Waals surface area contributed by atoms with Crippen molar-refractivity contribution in [1.29, 1.82) is 0 Å². The summed E-state index contributed by atoms with van der Waals surface area (Å²) in [7, 11) is 0. The van der Waals surface area contributed by atoms with E-state index in [0.29, 0.717) is 11.4 Å². The number of nitrogens with one attached hydrogen (secondary N) is 1. The number of piperazine rings is 1. The van der Waals surface area contributed by atoms with Crippen LogP contribution in [0.4, 0.5) is 5.00 Å². The Kier molecular flexibility index (Phi) is 2.73. The maximum atomic E-state index is 11.4. The Balaban J connectivity index is 2.21. The number of thiophene rings is 1. The van der Waals surface area contributed by atoms with Gasteiger partial charge in [0.05, 0.1) is 9.88 Å². The minimum absolute atomic E-state index is 0.0438. The fourth-order valence-electron chi connectivity index (χ4n) is 1.64. The summed E-state index contributed by atoms with van der Waals surface area (Å²) >= 11 is 1.42. The first-order valence-electron chi connectivity index (χ1n) is 4.82. The van der Waals surface area contributed by atoms with Gasteiger partial charge in [-0.1, -0.05) is 0 Å². The topological polar surface area (TPSA) is 49.4 Å². The Bertz CT molecular complexity index is 389. The third kappa shape index (κ3) is 1.87. The van der Waals surface area contributed by atoms with E-state index in [1.165, 1.54) is 11.3 Å². The molecule has 1 amide bonds. The summed E-state index contributed by atoms with van der Waals surface area (Å²) in [6.45, 7) is 3.33. The van der Waals surface area contributed by atoms with Gasteiger partial charge in [-0.05, 0) is 19.1 Å². The lowest BCUT2D eigenvalue weighted by Gasteiger charge is -2.33. The van der Waals surface area contributed by atoms with Crippen LogP contribution < -0.4 is 10.2 Å². The molecule has 4 nitrogen and oxygen atoms in total. The summed E-state index contributed by atoms with van der Waals surface area (Å²) in [5.41, 5.74) is 0. The minimum atomic E-state index is -0.156. The number of amides is 1. The number of carbonyl (C=O) groups excluding carboxylic acids is 2. The molecule has 1 atom stereocenters. The molecule has 1 fully saturated rings. The third-order valence-electron chi connectivity index (χ3n) is 2.51. The number of hydrogen-bond donors (Lipinski definition) is 1. The maximum absolute atomic E-state index is 11.4. The van der Waals surface area contributed by atoms with Crippen LogP contribution in [0.1, 0.15) is 16.6 Å². The molecule has 80 valence electrons. The Morgan fingerprint density at radius 2 is 2.40 bits per heavy atom. The molecular weight excluding hydrogens is 212 g/mol. The number of aldehydes is 1. The molecule has 2 heterocycles. The van der Waals surface area contributed by atoms with Gasteiger partial charge in [-0.25, -0.2) is 0 Å². The Labute approximate surface area is 91.9 Å². The Morgan fingerprint density at radius 3 is 3.07 bits per heavy atom. The Hall–Kier alpha value is -1.36. The number of rotatable bonds is 2. The number of nitrogens with zero attached hydrogens (tertiary/aromatic N) is 1. The van der Waals surface area contributed by atoms with Crippen LogP contribution in [0.25, 0.3) is 0 Å². The summed E-state index contributed by atoms with van der Waals surface area (Å²) in [5.74, 6) is 0.0438. The second-order valence-corrected chi connectivity index (χ2v) is 4.55. The SMILES string of the molecule is CC1C(=O)NCCN1c1ccc(C=O)s1. The standard InChI is InChI=1S/C10H12N2O2S/c1-7-10(14)11-4-5-12(7)9-3-2-8(6-13)15-9/h2-3,6-7H,4-5H2,1H3,(H,11,14). The van der Waals surface area contributed by atoms with Gasteiger partial charge in [0, 0.05) is 13.1 Å². The van der Waals surface area contributed by atoms with Gasteiger partial charge >= 0.3 is 0 Å². The molecule has 0 saturated carbocycles. The van der Waals surface area contributed by atoms with Crippen LogP contribution in [0, 0.1) is 0 Å². The summed E-state index contributed by atoms with van der Waals surface area (Å²) in [5, 5.41) is 3.79. The monoisotopic (exact) mass is 224 g/mol. The molecule has 0 radical (unpaired) electrons. The summed E-state index contributed by atoms with van der Waals surface area (Å²) in [6, 6.07) is 3.52. The molecular formula is C10H12N2O2S. The van der Waals surface area contributed by atoms with Crippen LogP contribution in [0.5, 0.6) is 0 Å². The minimum Gasteiger partial charge on any atom is -0.353 e. The first-order valence-corrected chi connectivity index (χ1v) is 5.63.